The second kappa shape index (κ2) is 6.19. The summed E-state index contributed by atoms with van der Waals surface area (Å²) in [6, 6.07) is 2.08. The highest BCUT2D eigenvalue weighted by Gasteiger charge is 2.44. The molecule has 0 heterocycles. The molecule has 1 aliphatic rings. The minimum absolute atomic E-state index is 0.193. The van der Waals surface area contributed by atoms with Crippen molar-refractivity contribution >= 4 is 35.0 Å². The molecular formula is C13H13ClFNO4S. The second-order valence-corrected chi connectivity index (χ2v) is 6.46. The van der Waals surface area contributed by atoms with E-state index in [2.05, 4.69) is 4.74 Å². The van der Waals surface area contributed by atoms with E-state index in [9.17, 15) is 19.3 Å². The van der Waals surface area contributed by atoms with Crippen LogP contribution >= 0.6 is 23.4 Å². The van der Waals surface area contributed by atoms with Gasteiger partial charge >= 0.3 is 5.97 Å². The average Bonchev–Trinajstić information content (AvgIpc) is 3.19. The lowest BCUT2D eigenvalue weighted by Gasteiger charge is -2.13. The molecule has 1 aromatic rings. The molecule has 8 heteroatoms. The molecule has 0 saturated heterocycles. The van der Waals surface area contributed by atoms with Crippen LogP contribution < -0.4 is 0 Å². The summed E-state index contributed by atoms with van der Waals surface area (Å²) in [4.78, 5) is 22.0. The summed E-state index contributed by atoms with van der Waals surface area (Å²) in [5, 5.41) is 10.7. The molecule has 21 heavy (non-hydrogen) atoms. The number of nitro benzene ring substituents is 1. The Balaban J connectivity index is 2.11. The van der Waals surface area contributed by atoms with Gasteiger partial charge in [0, 0.05) is 11.8 Å². The minimum Gasteiger partial charge on any atom is -0.469 e. The third-order valence-corrected chi connectivity index (χ3v) is 5.12. The Morgan fingerprint density at radius 3 is 2.76 bits per heavy atom. The lowest BCUT2D eigenvalue weighted by Crippen LogP contribution is -2.13. The van der Waals surface area contributed by atoms with E-state index in [0.717, 1.165) is 25.0 Å². The van der Waals surface area contributed by atoms with Crippen LogP contribution in [0.3, 0.4) is 0 Å². The summed E-state index contributed by atoms with van der Waals surface area (Å²) in [5.41, 5.74) is -0.415. The normalized spacial score (nSPS) is 15.6. The van der Waals surface area contributed by atoms with Crippen molar-refractivity contribution in [3.05, 3.63) is 33.1 Å². The number of ether oxygens (including phenoxy) is 1. The molecule has 0 bridgehead atoms. The molecule has 0 unspecified atom stereocenters. The average molecular weight is 334 g/mol. The van der Waals surface area contributed by atoms with Gasteiger partial charge < -0.3 is 4.74 Å². The van der Waals surface area contributed by atoms with Crippen molar-refractivity contribution in [3.8, 4) is 0 Å². The third kappa shape index (κ3) is 3.85. The van der Waals surface area contributed by atoms with Crippen molar-refractivity contribution < 1.29 is 18.8 Å². The smallest absolute Gasteiger partial charge is 0.306 e. The van der Waals surface area contributed by atoms with Crippen molar-refractivity contribution in [2.75, 3.05) is 12.9 Å². The molecule has 0 N–H and O–H groups in total. The molecule has 0 aliphatic heterocycles. The van der Waals surface area contributed by atoms with E-state index >= 15 is 0 Å². The van der Waals surface area contributed by atoms with Crippen LogP contribution in [0.1, 0.15) is 19.3 Å². The maximum absolute atomic E-state index is 13.5. The SMILES string of the molecule is COC(=O)CC1(CSc2cc(F)c(Cl)cc2[N+](=O)[O-])CC1. The molecule has 0 atom stereocenters. The van der Waals surface area contributed by atoms with E-state index in [-0.39, 0.29) is 33.4 Å². The third-order valence-electron chi connectivity index (χ3n) is 3.44. The molecule has 0 spiro atoms. The van der Waals surface area contributed by atoms with Crippen LogP contribution in [0.2, 0.25) is 5.02 Å². The predicted molar refractivity (Wildman–Crippen MR) is 77.1 cm³/mol. The summed E-state index contributed by atoms with van der Waals surface area (Å²) in [6.07, 6.45) is 2.00. The molecule has 0 amide bonds. The Kier molecular flexibility index (Phi) is 4.73. The first-order chi connectivity index (χ1) is 9.87. The molecule has 114 valence electrons. The first kappa shape index (κ1) is 16.0. The van der Waals surface area contributed by atoms with Crippen LogP contribution in [-0.2, 0) is 9.53 Å². The van der Waals surface area contributed by atoms with E-state index in [0.29, 0.717) is 5.75 Å². The van der Waals surface area contributed by atoms with Crippen LogP contribution in [0.15, 0.2) is 17.0 Å². The molecule has 5 nitrogen and oxygen atoms in total. The van der Waals surface area contributed by atoms with E-state index in [1.165, 1.54) is 18.9 Å². The number of thioether (sulfide) groups is 1. The lowest BCUT2D eigenvalue weighted by atomic mass is 10.1. The predicted octanol–water partition coefficient (Wildman–Crippen LogP) is 3.82. The Morgan fingerprint density at radius 1 is 1.57 bits per heavy atom. The van der Waals surface area contributed by atoms with Crippen molar-refractivity contribution in [1.82, 2.24) is 0 Å². The van der Waals surface area contributed by atoms with Crippen LogP contribution in [0, 0.1) is 21.3 Å². The van der Waals surface area contributed by atoms with Gasteiger partial charge in [0.15, 0.2) is 0 Å². The van der Waals surface area contributed by atoms with Gasteiger partial charge in [-0.05, 0) is 24.3 Å². The molecule has 1 aromatic carbocycles. The number of carbonyl (C=O) groups is 1. The van der Waals surface area contributed by atoms with E-state index in [1.54, 1.807) is 0 Å². The molecule has 0 radical (unpaired) electrons. The Hall–Kier alpha value is -1.34. The van der Waals surface area contributed by atoms with E-state index in [1.807, 2.05) is 0 Å². The fraction of sp³-hybridized carbons (Fsp3) is 0.462. The number of rotatable bonds is 6. The Labute approximate surface area is 130 Å². The van der Waals surface area contributed by atoms with Crippen LogP contribution in [-0.4, -0.2) is 23.8 Å². The first-order valence-corrected chi connectivity index (χ1v) is 7.56. The highest BCUT2D eigenvalue weighted by molar-refractivity contribution is 7.99. The highest BCUT2D eigenvalue weighted by Crippen LogP contribution is 2.52. The number of esters is 1. The van der Waals surface area contributed by atoms with Crippen LogP contribution in [0.5, 0.6) is 0 Å². The van der Waals surface area contributed by atoms with Gasteiger partial charge in [0.1, 0.15) is 5.82 Å². The zero-order valence-electron chi connectivity index (χ0n) is 11.2. The summed E-state index contributed by atoms with van der Waals surface area (Å²) in [5.74, 6) is -0.489. The van der Waals surface area contributed by atoms with Gasteiger partial charge in [-0.25, -0.2) is 4.39 Å². The maximum Gasteiger partial charge on any atom is 0.306 e. The van der Waals surface area contributed by atoms with Gasteiger partial charge in [-0.15, -0.1) is 11.8 Å². The molecule has 1 fully saturated rings. The molecule has 0 aromatic heterocycles. The van der Waals surface area contributed by atoms with Crippen LogP contribution in [0.4, 0.5) is 10.1 Å². The monoisotopic (exact) mass is 333 g/mol. The lowest BCUT2D eigenvalue weighted by molar-refractivity contribution is -0.387. The summed E-state index contributed by atoms with van der Waals surface area (Å²) >= 11 is 6.74. The molecule has 1 aliphatic carbocycles. The standard InChI is InChI=1S/C13H13ClFNO4S/c1-20-12(17)6-13(2-3-13)7-21-11-5-9(15)8(14)4-10(11)16(18)19/h4-5H,2-3,6-7H2,1H3. The van der Waals surface area contributed by atoms with Crippen LogP contribution in [0.25, 0.3) is 0 Å². The first-order valence-electron chi connectivity index (χ1n) is 6.20. The maximum atomic E-state index is 13.5. The fourth-order valence-electron chi connectivity index (χ4n) is 1.93. The fourth-order valence-corrected chi connectivity index (χ4v) is 3.41. The summed E-state index contributed by atoms with van der Waals surface area (Å²) in [7, 11) is 1.32. The number of carbonyl (C=O) groups excluding carboxylic acids is 1. The number of benzene rings is 1. The zero-order valence-corrected chi connectivity index (χ0v) is 12.8. The highest BCUT2D eigenvalue weighted by atomic mass is 35.5. The van der Waals surface area contributed by atoms with Crippen molar-refractivity contribution in [2.24, 2.45) is 5.41 Å². The topological polar surface area (TPSA) is 69.4 Å². The van der Waals surface area contributed by atoms with Gasteiger partial charge in [0.05, 0.1) is 28.4 Å². The number of nitro groups is 1. The zero-order chi connectivity index (χ0) is 15.6. The van der Waals surface area contributed by atoms with Gasteiger partial charge in [-0.3, -0.25) is 14.9 Å². The van der Waals surface area contributed by atoms with Gasteiger partial charge in [0.2, 0.25) is 0 Å². The summed E-state index contributed by atoms with van der Waals surface area (Å²) < 4.78 is 18.1. The van der Waals surface area contributed by atoms with Crippen molar-refractivity contribution in [1.29, 1.82) is 0 Å². The minimum atomic E-state index is -0.692. The van der Waals surface area contributed by atoms with Gasteiger partial charge in [-0.1, -0.05) is 11.6 Å². The van der Waals surface area contributed by atoms with E-state index < -0.39 is 10.7 Å². The number of hydrogen-bond donors (Lipinski definition) is 0. The van der Waals surface area contributed by atoms with Gasteiger partial charge in [-0.2, -0.15) is 0 Å². The number of hydrogen-bond acceptors (Lipinski definition) is 5. The summed E-state index contributed by atoms with van der Waals surface area (Å²) in [6.45, 7) is 0. The van der Waals surface area contributed by atoms with E-state index in [4.69, 9.17) is 11.6 Å². The number of halogens is 2. The Bertz CT molecular complexity index is 592. The molecular weight excluding hydrogens is 321 g/mol. The second-order valence-electron chi connectivity index (χ2n) is 5.03. The van der Waals surface area contributed by atoms with Crippen molar-refractivity contribution in [2.45, 2.75) is 24.2 Å². The molecule has 2 rings (SSSR count). The largest absolute Gasteiger partial charge is 0.469 e. The number of methoxy groups -OCH3 is 1. The molecule has 1 saturated carbocycles. The number of nitrogens with zero attached hydrogens (tertiary/aromatic N) is 1. The quantitative estimate of drug-likeness (QED) is 0.342. The van der Waals surface area contributed by atoms with Crippen molar-refractivity contribution in [3.63, 3.8) is 0 Å². The Morgan fingerprint density at radius 2 is 2.24 bits per heavy atom. The van der Waals surface area contributed by atoms with Gasteiger partial charge in [0.25, 0.3) is 5.69 Å².